The largest absolute Gasteiger partial charge is 0.480 e. The van der Waals surface area contributed by atoms with Crippen molar-refractivity contribution in [2.24, 2.45) is 5.73 Å². The van der Waals surface area contributed by atoms with E-state index in [1.54, 1.807) is 0 Å². The first-order valence-corrected chi connectivity index (χ1v) is 3.84. The van der Waals surface area contributed by atoms with Crippen LogP contribution in [0.5, 0.6) is 0 Å². The maximum Gasteiger partial charge on any atom is 0.320 e. The van der Waals surface area contributed by atoms with Crippen LogP contribution in [0, 0.1) is 0 Å². The van der Waals surface area contributed by atoms with E-state index in [-0.39, 0.29) is 0 Å². The summed E-state index contributed by atoms with van der Waals surface area (Å²) in [5.41, 5.74) is 6.30. The molecule has 0 aromatic rings. The molecule has 1 atom stereocenters. The molecule has 0 spiro atoms. The lowest BCUT2D eigenvalue weighted by atomic mass is 10.1. The third-order valence-corrected chi connectivity index (χ3v) is 1.43. The van der Waals surface area contributed by atoms with Crippen LogP contribution >= 0.6 is 0 Å². The molecule has 0 aromatic heterocycles. The molecular weight excluding hydrogens is 154 g/mol. The lowest BCUT2D eigenvalue weighted by molar-refractivity contribution is -0.138. The van der Waals surface area contributed by atoms with Gasteiger partial charge in [-0.25, -0.2) is 0 Å². The third kappa shape index (κ3) is 4.68. The van der Waals surface area contributed by atoms with Gasteiger partial charge in [0.1, 0.15) is 6.04 Å². The minimum Gasteiger partial charge on any atom is -0.480 e. The Morgan fingerprint density at radius 1 is 1.67 bits per heavy atom. The monoisotopic (exact) mass is 169 g/mol. The van der Waals surface area contributed by atoms with Crippen LogP contribution in [0.3, 0.4) is 0 Å². The predicted molar refractivity (Wildman–Crippen MR) is 48.8 cm³/mol. The van der Waals surface area contributed by atoms with Crippen molar-refractivity contribution < 1.29 is 9.90 Å². The van der Waals surface area contributed by atoms with E-state index in [1.165, 1.54) is 0 Å². The summed E-state index contributed by atoms with van der Waals surface area (Å²) in [5.74, 6) is -0.955. The van der Waals surface area contributed by atoms with Gasteiger partial charge in [0.2, 0.25) is 0 Å². The Kier molecular flexibility index (Phi) is 5.04. The number of carboxylic acid groups (broad SMARTS) is 1. The van der Waals surface area contributed by atoms with E-state index in [9.17, 15) is 4.79 Å². The lowest BCUT2D eigenvalue weighted by Crippen LogP contribution is -2.30. The fraction of sp³-hybridized carbons (Fsp3) is 0.444. The van der Waals surface area contributed by atoms with Gasteiger partial charge < -0.3 is 10.8 Å². The van der Waals surface area contributed by atoms with E-state index in [2.05, 4.69) is 0 Å². The second-order valence-corrected chi connectivity index (χ2v) is 2.69. The molecule has 0 aliphatic heterocycles. The van der Waals surface area contributed by atoms with E-state index in [0.29, 0.717) is 6.42 Å². The fourth-order valence-electron chi connectivity index (χ4n) is 0.763. The van der Waals surface area contributed by atoms with Crippen LogP contribution in [0.1, 0.15) is 20.3 Å². The van der Waals surface area contributed by atoms with Crippen LogP contribution in [0.15, 0.2) is 23.8 Å². The molecule has 0 unspecified atom stereocenters. The number of hydrogen-bond donors (Lipinski definition) is 2. The van der Waals surface area contributed by atoms with E-state index in [1.807, 2.05) is 32.1 Å². The maximum absolute atomic E-state index is 10.3. The second kappa shape index (κ2) is 5.55. The average Bonchev–Trinajstić information content (AvgIpc) is 2.00. The van der Waals surface area contributed by atoms with Crippen LogP contribution in [0.25, 0.3) is 0 Å². The highest BCUT2D eigenvalue weighted by atomic mass is 16.4. The Labute approximate surface area is 72.6 Å². The third-order valence-electron chi connectivity index (χ3n) is 1.43. The molecule has 0 fully saturated rings. The van der Waals surface area contributed by atoms with Crippen LogP contribution < -0.4 is 5.73 Å². The topological polar surface area (TPSA) is 63.3 Å². The van der Waals surface area contributed by atoms with Crippen molar-refractivity contribution in [1.82, 2.24) is 0 Å². The highest BCUT2D eigenvalue weighted by Crippen LogP contribution is 2.03. The van der Waals surface area contributed by atoms with Gasteiger partial charge in [-0.15, -0.1) is 0 Å². The quantitative estimate of drug-likeness (QED) is 0.624. The molecule has 0 heterocycles. The van der Waals surface area contributed by atoms with Gasteiger partial charge in [0.25, 0.3) is 0 Å². The van der Waals surface area contributed by atoms with Gasteiger partial charge in [0, 0.05) is 0 Å². The molecule has 68 valence electrons. The summed E-state index contributed by atoms with van der Waals surface area (Å²) < 4.78 is 0. The Bertz CT molecular complexity index is 207. The molecule has 3 nitrogen and oxygen atoms in total. The minimum absolute atomic E-state index is 0.402. The molecule has 12 heavy (non-hydrogen) atoms. The molecule has 3 heteroatoms. The van der Waals surface area contributed by atoms with Gasteiger partial charge in [-0.3, -0.25) is 4.79 Å². The number of hydrogen-bond acceptors (Lipinski definition) is 2. The molecule has 0 bridgehead atoms. The molecular formula is C9H15NO2. The van der Waals surface area contributed by atoms with Crippen molar-refractivity contribution in [3.8, 4) is 0 Å². The Balaban J connectivity index is 3.99. The summed E-state index contributed by atoms with van der Waals surface area (Å²) in [4.78, 5) is 10.3. The Morgan fingerprint density at radius 3 is 2.67 bits per heavy atom. The first-order chi connectivity index (χ1) is 5.57. The molecule has 0 aliphatic rings. The van der Waals surface area contributed by atoms with Crippen molar-refractivity contribution in [3.63, 3.8) is 0 Å². The summed E-state index contributed by atoms with van der Waals surface area (Å²) in [6, 6.07) is -0.786. The average molecular weight is 169 g/mol. The van der Waals surface area contributed by atoms with Gasteiger partial charge in [-0.05, 0) is 20.3 Å². The zero-order chi connectivity index (χ0) is 9.56. The van der Waals surface area contributed by atoms with Crippen LogP contribution in [0.2, 0.25) is 0 Å². The van der Waals surface area contributed by atoms with Gasteiger partial charge in [0.15, 0.2) is 0 Å². The van der Waals surface area contributed by atoms with Crippen LogP contribution in [-0.2, 0) is 4.79 Å². The number of carbonyl (C=O) groups is 1. The van der Waals surface area contributed by atoms with E-state index in [4.69, 9.17) is 10.8 Å². The summed E-state index contributed by atoms with van der Waals surface area (Å²) in [5, 5.41) is 8.49. The zero-order valence-corrected chi connectivity index (χ0v) is 7.45. The van der Waals surface area contributed by atoms with Gasteiger partial charge in [0.05, 0.1) is 0 Å². The number of rotatable bonds is 4. The number of nitrogens with two attached hydrogens (primary N) is 1. The zero-order valence-electron chi connectivity index (χ0n) is 7.45. The molecule has 0 saturated carbocycles. The first kappa shape index (κ1) is 10.9. The molecule has 0 radical (unpaired) electrons. The molecule has 0 amide bonds. The maximum atomic E-state index is 10.3. The summed E-state index contributed by atoms with van der Waals surface area (Å²) >= 11 is 0. The van der Waals surface area contributed by atoms with E-state index < -0.39 is 12.0 Å². The van der Waals surface area contributed by atoms with Crippen molar-refractivity contribution >= 4 is 5.97 Å². The van der Waals surface area contributed by atoms with Gasteiger partial charge in [-0.1, -0.05) is 23.8 Å². The molecule has 0 rings (SSSR count). The smallest absolute Gasteiger partial charge is 0.320 e. The van der Waals surface area contributed by atoms with E-state index in [0.717, 1.165) is 5.57 Å². The second-order valence-electron chi connectivity index (χ2n) is 2.69. The number of carboxylic acids is 1. The molecule has 3 N–H and O–H groups in total. The Morgan fingerprint density at radius 2 is 2.25 bits per heavy atom. The molecule has 0 aromatic carbocycles. The highest BCUT2D eigenvalue weighted by Gasteiger charge is 2.10. The van der Waals surface area contributed by atoms with Gasteiger partial charge in [-0.2, -0.15) is 0 Å². The molecule has 0 aliphatic carbocycles. The minimum atomic E-state index is -0.955. The lowest BCUT2D eigenvalue weighted by Gasteiger charge is -2.04. The van der Waals surface area contributed by atoms with Crippen molar-refractivity contribution in [2.75, 3.05) is 0 Å². The van der Waals surface area contributed by atoms with Crippen LogP contribution in [-0.4, -0.2) is 17.1 Å². The Hall–Kier alpha value is -1.09. The van der Waals surface area contributed by atoms with Gasteiger partial charge >= 0.3 is 5.97 Å². The van der Waals surface area contributed by atoms with Crippen molar-refractivity contribution in [1.29, 1.82) is 0 Å². The number of allylic oxidation sites excluding steroid dienone is 3. The standard InChI is InChI=1S/C9H15NO2/c1-3-4-5-7(2)6-8(10)9(11)12/h3-5,8H,6,10H2,1-2H3,(H,11,12)/b4-3-,7-5+/t8-/m0/s1. The van der Waals surface area contributed by atoms with Crippen LogP contribution in [0.4, 0.5) is 0 Å². The molecule has 0 saturated heterocycles. The van der Waals surface area contributed by atoms with Crippen molar-refractivity contribution in [3.05, 3.63) is 23.8 Å². The normalized spacial score (nSPS) is 15.1. The summed E-state index contributed by atoms with van der Waals surface area (Å²) in [7, 11) is 0. The first-order valence-electron chi connectivity index (χ1n) is 3.84. The fourth-order valence-corrected chi connectivity index (χ4v) is 0.763. The summed E-state index contributed by atoms with van der Waals surface area (Å²) in [6.07, 6.45) is 6.02. The SMILES string of the molecule is C/C=C\C=C(/C)C[C@H](N)C(=O)O. The number of aliphatic carboxylic acids is 1. The highest BCUT2D eigenvalue weighted by molar-refractivity contribution is 5.73. The predicted octanol–water partition coefficient (Wildman–Crippen LogP) is 1.31. The van der Waals surface area contributed by atoms with Crippen molar-refractivity contribution in [2.45, 2.75) is 26.3 Å². The summed E-state index contributed by atoms with van der Waals surface area (Å²) in [6.45, 7) is 3.77. The van der Waals surface area contributed by atoms with E-state index >= 15 is 0 Å².